The standard InChI is InChI=1S/C32H54N2O/c35-31-19-15-11-7-2-1-6-10-14-18-29-25-33-21-16-12-8-4-3-5-9-13-17-28-23-30(32(29)20-22-33)26-34(24-28)27-31/h7-8,11-12,15,19,28-32,35H,1-6,9-10,13-14,16-18,20-27H2/b11-7-,12-8-,19-15-/t28-,29+,30+,31-,32+/m1/s1. The summed E-state index contributed by atoms with van der Waals surface area (Å²) in [6.07, 6.45) is 33.4. The van der Waals surface area contributed by atoms with Gasteiger partial charge >= 0.3 is 0 Å². The number of hydrogen-bond donors (Lipinski definition) is 1. The van der Waals surface area contributed by atoms with Crippen molar-refractivity contribution in [3.63, 3.8) is 0 Å². The number of aliphatic hydroxyl groups excluding tert-OH is 1. The Balaban J connectivity index is 1.51. The summed E-state index contributed by atoms with van der Waals surface area (Å²) in [5, 5.41) is 10.8. The van der Waals surface area contributed by atoms with E-state index in [1.165, 1.54) is 129 Å². The monoisotopic (exact) mass is 482 g/mol. The van der Waals surface area contributed by atoms with Crippen molar-refractivity contribution in [2.24, 2.45) is 23.7 Å². The van der Waals surface area contributed by atoms with E-state index in [9.17, 15) is 5.11 Å². The Kier molecular flexibility index (Phi) is 11.9. The maximum atomic E-state index is 10.8. The van der Waals surface area contributed by atoms with Crippen LogP contribution in [0.5, 0.6) is 0 Å². The smallest absolute Gasteiger partial charge is 0.0850 e. The van der Waals surface area contributed by atoms with E-state index in [1.807, 2.05) is 6.08 Å². The molecule has 0 aliphatic carbocycles. The van der Waals surface area contributed by atoms with E-state index in [2.05, 4.69) is 40.2 Å². The van der Waals surface area contributed by atoms with Gasteiger partial charge in [-0.15, -0.1) is 0 Å². The van der Waals surface area contributed by atoms with Gasteiger partial charge in [-0.3, -0.25) is 4.90 Å². The third-order valence-electron chi connectivity index (χ3n) is 9.36. The number of piperidine rings is 2. The van der Waals surface area contributed by atoms with Crippen molar-refractivity contribution in [1.82, 2.24) is 9.80 Å². The lowest BCUT2D eigenvalue weighted by atomic mass is 9.69. The summed E-state index contributed by atoms with van der Waals surface area (Å²) in [6, 6.07) is 0. The van der Waals surface area contributed by atoms with Crippen LogP contribution in [0, 0.1) is 23.7 Å². The third-order valence-corrected chi connectivity index (χ3v) is 9.36. The summed E-state index contributed by atoms with van der Waals surface area (Å²) in [6.45, 7) is 7.10. The van der Waals surface area contributed by atoms with Crippen molar-refractivity contribution in [2.75, 3.05) is 39.3 Å². The molecule has 3 heteroatoms. The van der Waals surface area contributed by atoms with Crippen molar-refractivity contribution in [2.45, 2.75) is 102 Å². The molecule has 1 N–H and O–H groups in total. The van der Waals surface area contributed by atoms with E-state index >= 15 is 0 Å². The zero-order chi connectivity index (χ0) is 24.1. The first-order valence-electron chi connectivity index (χ1n) is 15.4. The molecular weight excluding hydrogens is 428 g/mol. The molecule has 3 nitrogen and oxygen atoms in total. The highest BCUT2D eigenvalue weighted by molar-refractivity contribution is 5.05. The van der Waals surface area contributed by atoms with E-state index in [0.29, 0.717) is 0 Å². The van der Waals surface area contributed by atoms with Gasteiger partial charge in [0.15, 0.2) is 0 Å². The molecule has 0 spiro atoms. The average Bonchev–Trinajstić information content (AvgIpc) is 2.85. The van der Waals surface area contributed by atoms with Gasteiger partial charge in [0.1, 0.15) is 0 Å². The highest BCUT2D eigenvalue weighted by Gasteiger charge is 2.38. The zero-order valence-electron chi connectivity index (χ0n) is 22.5. The maximum Gasteiger partial charge on any atom is 0.0850 e. The first kappa shape index (κ1) is 27.1. The van der Waals surface area contributed by atoms with Gasteiger partial charge in [-0.1, -0.05) is 75.0 Å². The molecule has 35 heavy (non-hydrogen) atoms. The fourth-order valence-electron chi connectivity index (χ4n) is 7.53. The average molecular weight is 483 g/mol. The summed E-state index contributed by atoms with van der Waals surface area (Å²) in [5.74, 6) is 3.40. The summed E-state index contributed by atoms with van der Waals surface area (Å²) >= 11 is 0. The van der Waals surface area contributed by atoms with Crippen molar-refractivity contribution in [3.05, 3.63) is 36.5 Å². The molecule has 0 saturated carbocycles. The van der Waals surface area contributed by atoms with Gasteiger partial charge in [0, 0.05) is 32.7 Å². The van der Waals surface area contributed by atoms with Gasteiger partial charge in [-0.25, -0.2) is 0 Å². The second-order valence-electron chi connectivity index (χ2n) is 12.2. The molecular formula is C32H54N2O. The van der Waals surface area contributed by atoms with Crippen LogP contribution < -0.4 is 0 Å². The Labute approximate surface area is 216 Å². The summed E-state index contributed by atoms with van der Waals surface area (Å²) in [5.41, 5.74) is 0. The predicted octanol–water partition coefficient (Wildman–Crippen LogP) is 6.99. The van der Waals surface area contributed by atoms with Gasteiger partial charge in [0.05, 0.1) is 6.10 Å². The lowest BCUT2D eigenvalue weighted by Gasteiger charge is -2.47. The zero-order valence-corrected chi connectivity index (χ0v) is 22.5. The normalized spacial score (nSPS) is 41.6. The predicted molar refractivity (Wildman–Crippen MR) is 150 cm³/mol. The second kappa shape index (κ2) is 15.4. The second-order valence-corrected chi connectivity index (χ2v) is 12.2. The molecule has 0 radical (unpaired) electrons. The Morgan fingerprint density at radius 3 is 2.20 bits per heavy atom. The summed E-state index contributed by atoms with van der Waals surface area (Å²) in [4.78, 5) is 5.45. The molecule has 5 rings (SSSR count). The minimum Gasteiger partial charge on any atom is -0.388 e. The van der Waals surface area contributed by atoms with Crippen LogP contribution >= 0.6 is 0 Å². The minimum absolute atomic E-state index is 0.346. The topological polar surface area (TPSA) is 26.7 Å². The van der Waals surface area contributed by atoms with E-state index in [-0.39, 0.29) is 6.10 Å². The third kappa shape index (κ3) is 9.48. The van der Waals surface area contributed by atoms with Crippen LogP contribution in [0.1, 0.15) is 96.3 Å². The number of allylic oxidation sites excluding steroid dienone is 4. The van der Waals surface area contributed by atoms with Crippen molar-refractivity contribution < 1.29 is 5.11 Å². The molecule has 198 valence electrons. The number of fused-ring (bicyclic) bond motifs is 10. The fraction of sp³-hybridized carbons (Fsp3) is 0.812. The largest absolute Gasteiger partial charge is 0.388 e. The van der Waals surface area contributed by atoms with E-state index in [1.54, 1.807) is 0 Å². The number of hydrogen-bond acceptors (Lipinski definition) is 3. The summed E-state index contributed by atoms with van der Waals surface area (Å²) < 4.78 is 0. The van der Waals surface area contributed by atoms with E-state index < -0.39 is 0 Å². The van der Waals surface area contributed by atoms with Crippen LogP contribution in [-0.2, 0) is 0 Å². The van der Waals surface area contributed by atoms with Gasteiger partial charge in [0.25, 0.3) is 0 Å². The number of rotatable bonds is 0. The van der Waals surface area contributed by atoms with Gasteiger partial charge in [0.2, 0.25) is 0 Å². The van der Waals surface area contributed by atoms with Crippen LogP contribution in [0.3, 0.4) is 0 Å². The van der Waals surface area contributed by atoms with Gasteiger partial charge in [-0.05, 0) is 88.0 Å². The van der Waals surface area contributed by atoms with Crippen LogP contribution in [-0.4, -0.2) is 60.3 Å². The molecule has 0 amide bonds. The van der Waals surface area contributed by atoms with Gasteiger partial charge in [-0.2, -0.15) is 0 Å². The van der Waals surface area contributed by atoms with E-state index in [4.69, 9.17) is 0 Å². The Morgan fingerprint density at radius 2 is 1.31 bits per heavy atom. The molecule has 5 aliphatic heterocycles. The SMILES string of the molecule is O[C@@H]1/C=C\C=C/CCCCCC[C@H]2CN3CC/C=C\CCCCCC[C@@H]4C[C@@H](CN(C4)C1)[C@H]2CC3. The molecule has 7 atom stereocenters. The van der Waals surface area contributed by atoms with Crippen LogP contribution in [0.4, 0.5) is 0 Å². The first-order chi connectivity index (χ1) is 17.3. The molecule has 5 heterocycles. The Morgan fingerprint density at radius 1 is 0.571 bits per heavy atom. The van der Waals surface area contributed by atoms with Gasteiger partial charge < -0.3 is 10.0 Å². The fourth-order valence-corrected chi connectivity index (χ4v) is 7.53. The highest BCUT2D eigenvalue weighted by atomic mass is 16.3. The quantitative estimate of drug-likeness (QED) is 0.377. The molecule has 0 aromatic rings. The van der Waals surface area contributed by atoms with Crippen molar-refractivity contribution in [1.29, 1.82) is 0 Å². The highest BCUT2D eigenvalue weighted by Crippen LogP contribution is 2.40. The Hall–Kier alpha value is -0.900. The molecule has 2 saturated heterocycles. The van der Waals surface area contributed by atoms with Crippen LogP contribution in [0.2, 0.25) is 0 Å². The molecule has 0 aromatic heterocycles. The number of nitrogens with zero attached hydrogens (tertiary/aromatic N) is 2. The van der Waals surface area contributed by atoms with Crippen LogP contribution in [0.15, 0.2) is 36.5 Å². The molecule has 2 unspecified atom stereocenters. The number of aliphatic hydroxyl groups is 1. The Bertz CT molecular complexity index is 670. The first-order valence-corrected chi connectivity index (χ1v) is 15.4. The molecule has 0 aromatic carbocycles. The van der Waals surface area contributed by atoms with E-state index in [0.717, 1.165) is 30.2 Å². The lowest BCUT2D eigenvalue weighted by Crippen LogP contribution is -2.50. The lowest BCUT2D eigenvalue weighted by molar-refractivity contribution is 0.00963. The molecule has 5 aliphatic rings. The summed E-state index contributed by atoms with van der Waals surface area (Å²) in [7, 11) is 0. The molecule has 6 bridgehead atoms. The van der Waals surface area contributed by atoms with Crippen molar-refractivity contribution >= 4 is 0 Å². The minimum atomic E-state index is -0.346. The maximum absolute atomic E-state index is 10.8. The van der Waals surface area contributed by atoms with Crippen LogP contribution in [0.25, 0.3) is 0 Å². The van der Waals surface area contributed by atoms with Crippen molar-refractivity contribution in [3.8, 4) is 0 Å². The molecule has 2 fully saturated rings.